The summed E-state index contributed by atoms with van der Waals surface area (Å²) in [5.74, 6) is 1.59. The lowest BCUT2D eigenvalue weighted by Crippen LogP contribution is -2.16. The van der Waals surface area contributed by atoms with Gasteiger partial charge in [-0.3, -0.25) is 10.1 Å². The van der Waals surface area contributed by atoms with Crippen molar-refractivity contribution >= 4 is 16.7 Å². The van der Waals surface area contributed by atoms with Crippen molar-refractivity contribution in [2.75, 3.05) is 5.32 Å². The van der Waals surface area contributed by atoms with E-state index in [0.29, 0.717) is 11.9 Å². The summed E-state index contributed by atoms with van der Waals surface area (Å²) in [5.41, 5.74) is 2.75. The number of H-pyrrole nitrogens is 1. The van der Waals surface area contributed by atoms with Crippen LogP contribution in [0.3, 0.4) is 0 Å². The number of aromatic nitrogens is 5. The molecule has 0 aliphatic heterocycles. The van der Waals surface area contributed by atoms with Crippen LogP contribution in [0.5, 0.6) is 0 Å². The van der Waals surface area contributed by atoms with Gasteiger partial charge in [-0.15, -0.1) is 0 Å². The SMILES string of the molecule is Cc1[nH]ncc1-c1nc(NC2CCCC2)c2ccncc2n1. The first-order chi connectivity index (χ1) is 10.8. The average Bonchev–Trinajstić information content (AvgIpc) is 3.18. The Labute approximate surface area is 128 Å². The molecule has 1 aliphatic rings. The third-order valence-corrected chi connectivity index (χ3v) is 4.27. The van der Waals surface area contributed by atoms with Crippen LogP contribution in [0.15, 0.2) is 24.7 Å². The zero-order valence-corrected chi connectivity index (χ0v) is 12.5. The molecule has 1 saturated carbocycles. The van der Waals surface area contributed by atoms with Gasteiger partial charge in [-0.25, -0.2) is 9.97 Å². The van der Waals surface area contributed by atoms with Crippen LogP contribution in [0, 0.1) is 6.92 Å². The van der Waals surface area contributed by atoms with Crippen LogP contribution < -0.4 is 5.32 Å². The van der Waals surface area contributed by atoms with Crippen LogP contribution in [0.25, 0.3) is 22.3 Å². The fraction of sp³-hybridized carbons (Fsp3) is 0.375. The third-order valence-electron chi connectivity index (χ3n) is 4.27. The van der Waals surface area contributed by atoms with Crippen molar-refractivity contribution < 1.29 is 0 Å². The van der Waals surface area contributed by atoms with Crippen molar-refractivity contribution in [2.24, 2.45) is 0 Å². The second-order valence-corrected chi connectivity index (χ2v) is 5.82. The number of aryl methyl sites for hydroxylation is 1. The molecule has 0 amide bonds. The predicted octanol–water partition coefficient (Wildman–Crippen LogP) is 3.08. The quantitative estimate of drug-likeness (QED) is 0.776. The maximum atomic E-state index is 4.76. The van der Waals surface area contributed by atoms with E-state index in [-0.39, 0.29) is 0 Å². The summed E-state index contributed by atoms with van der Waals surface area (Å²) in [6.45, 7) is 1.98. The average molecular weight is 294 g/mol. The Bertz CT molecular complexity index is 803. The highest BCUT2D eigenvalue weighted by atomic mass is 15.1. The summed E-state index contributed by atoms with van der Waals surface area (Å²) in [5, 5.41) is 11.6. The molecule has 0 saturated heterocycles. The van der Waals surface area contributed by atoms with Gasteiger partial charge in [0, 0.05) is 23.3 Å². The summed E-state index contributed by atoms with van der Waals surface area (Å²) in [7, 11) is 0. The Hall–Kier alpha value is -2.50. The number of hydrogen-bond donors (Lipinski definition) is 2. The lowest BCUT2D eigenvalue weighted by molar-refractivity contribution is 0.752. The number of aromatic amines is 1. The van der Waals surface area contributed by atoms with E-state index in [2.05, 4.69) is 25.5 Å². The molecule has 1 aliphatic carbocycles. The number of anilines is 1. The van der Waals surface area contributed by atoms with Gasteiger partial charge in [0.2, 0.25) is 0 Å². The van der Waals surface area contributed by atoms with E-state index in [1.807, 2.05) is 13.0 Å². The van der Waals surface area contributed by atoms with E-state index in [1.54, 1.807) is 18.6 Å². The molecule has 2 N–H and O–H groups in total. The number of hydrogen-bond acceptors (Lipinski definition) is 5. The summed E-state index contributed by atoms with van der Waals surface area (Å²) >= 11 is 0. The predicted molar refractivity (Wildman–Crippen MR) is 85.5 cm³/mol. The van der Waals surface area contributed by atoms with Crippen molar-refractivity contribution in [3.05, 3.63) is 30.4 Å². The van der Waals surface area contributed by atoms with Crippen LogP contribution in [0.2, 0.25) is 0 Å². The summed E-state index contributed by atoms with van der Waals surface area (Å²) in [6, 6.07) is 2.48. The Morgan fingerprint density at radius 3 is 2.82 bits per heavy atom. The topological polar surface area (TPSA) is 79.4 Å². The maximum Gasteiger partial charge on any atom is 0.165 e. The molecule has 4 rings (SSSR count). The van der Waals surface area contributed by atoms with Crippen LogP contribution in [-0.4, -0.2) is 31.2 Å². The lowest BCUT2D eigenvalue weighted by atomic mass is 10.2. The molecule has 0 atom stereocenters. The van der Waals surface area contributed by atoms with Crippen molar-refractivity contribution in [3.63, 3.8) is 0 Å². The van der Waals surface area contributed by atoms with E-state index in [4.69, 9.17) is 4.98 Å². The molecule has 3 aromatic heterocycles. The first-order valence-electron chi connectivity index (χ1n) is 7.70. The Morgan fingerprint density at radius 2 is 2.05 bits per heavy atom. The van der Waals surface area contributed by atoms with E-state index in [9.17, 15) is 0 Å². The van der Waals surface area contributed by atoms with Crippen LogP contribution in [-0.2, 0) is 0 Å². The second kappa shape index (κ2) is 5.36. The van der Waals surface area contributed by atoms with Gasteiger partial charge in [-0.2, -0.15) is 5.10 Å². The molecule has 0 spiro atoms. The molecule has 6 nitrogen and oxygen atoms in total. The zero-order valence-electron chi connectivity index (χ0n) is 12.5. The van der Waals surface area contributed by atoms with Gasteiger partial charge in [-0.1, -0.05) is 12.8 Å². The van der Waals surface area contributed by atoms with Crippen molar-refractivity contribution in [2.45, 2.75) is 38.6 Å². The molecule has 0 aromatic carbocycles. The molecule has 3 aromatic rings. The highest BCUT2D eigenvalue weighted by molar-refractivity contribution is 5.90. The highest BCUT2D eigenvalue weighted by Crippen LogP contribution is 2.28. The lowest BCUT2D eigenvalue weighted by Gasteiger charge is -2.15. The van der Waals surface area contributed by atoms with E-state index < -0.39 is 0 Å². The molecule has 0 unspecified atom stereocenters. The molecule has 1 fully saturated rings. The normalized spacial score (nSPS) is 15.5. The van der Waals surface area contributed by atoms with Crippen molar-refractivity contribution in [1.29, 1.82) is 0 Å². The fourth-order valence-electron chi connectivity index (χ4n) is 3.05. The summed E-state index contributed by atoms with van der Waals surface area (Å²) in [6.07, 6.45) is 10.3. The minimum absolute atomic E-state index is 0.504. The number of nitrogens with one attached hydrogen (secondary N) is 2. The summed E-state index contributed by atoms with van der Waals surface area (Å²) < 4.78 is 0. The molecular weight excluding hydrogens is 276 g/mol. The van der Waals surface area contributed by atoms with Gasteiger partial charge < -0.3 is 5.32 Å². The van der Waals surface area contributed by atoms with Gasteiger partial charge >= 0.3 is 0 Å². The van der Waals surface area contributed by atoms with Crippen LogP contribution in [0.1, 0.15) is 31.4 Å². The van der Waals surface area contributed by atoms with Crippen LogP contribution >= 0.6 is 0 Å². The number of rotatable bonds is 3. The Balaban J connectivity index is 1.83. The van der Waals surface area contributed by atoms with Gasteiger partial charge in [0.1, 0.15) is 5.82 Å². The molecular formula is C16H18N6. The monoisotopic (exact) mass is 294 g/mol. The number of pyridine rings is 1. The van der Waals surface area contributed by atoms with Gasteiger partial charge in [0.05, 0.1) is 23.5 Å². The Morgan fingerprint density at radius 1 is 1.18 bits per heavy atom. The van der Waals surface area contributed by atoms with Crippen molar-refractivity contribution in [1.82, 2.24) is 25.1 Å². The van der Waals surface area contributed by atoms with Crippen molar-refractivity contribution in [3.8, 4) is 11.4 Å². The minimum Gasteiger partial charge on any atom is -0.367 e. The van der Waals surface area contributed by atoms with Crippen LogP contribution in [0.4, 0.5) is 5.82 Å². The highest BCUT2D eigenvalue weighted by Gasteiger charge is 2.18. The standard InChI is InChI=1S/C16H18N6/c1-10-13(8-18-22-10)16-20-14-9-17-7-6-12(14)15(21-16)19-11-4-2-3-5-11/h6-9,11H,2-5H2,1H3,(H,18,22)(H,19,20,21). The van der Waals surface area contributed by atoms with Gasteiger partial charge in [0.15, 0.2) is 5.82 Å². The second-order valence-electron chi connectivity index (χ2n) is 5.82. The first kappa shape index (κ1) is 13.2. The number of nitrogens with zero attached hydrogens (tertiary/aromatic N) is 4. The summed E-state index contributed by atoms with van der Waals surface area (Å²) in [4.78, 5) is 13.6. The number of fused-ring (bicyclic) bond motifs is 1. The third kappa shape index (κ3) is 2.30. The van der Waals surface area contributed by atoms with Gasteiger partial charge in [0.25, 0.3) is 0 Å². The van der Waals surface area contributed by atoms with E-state index in [0.717, 1.165) is 28.0 Å². The molecule has 22 heavy (non-hydrogen) atoms. The largest absolute Gasteiger partial charge is 0.367 e. The molecule has 3 heterocycles. The molecule has 112 valence electrons. The fourth-order valence-corrected chi connectivity index (χ4v) is 3.05. The molecule has 0 bridgehead atoms. The molecule has 0 radical (unpaired) electrons. The molecule has 6 heteroatoms. The minimum atomic E-state index is 0.504. The van der Waals surface area contributed by atoms with E-state index >= 15 is 0 Å². The smallest absolute Gasteiger partial charge is 0.165 e. The van der Waals surface area contributed by atoms with E-state index in [1.165, 1.54) is 25.7 Å². The van der Waals surface area contributed by atoms with Gasteiger partial charge in [-0.05, 0) is 25.8 Å². The Kier molecular flexibility index (Phi) is 3.21. The maximum absolute atomic E-state index is 4.76. The zero-order chi connectivity index (χ0) is 14.9. The first-order valence-corrected chi connectivity index (χ1v) is 7.70.